The lowest BCUT2D eigenvalue weighted by molar-refractivity contribution is 0.0465. The summed E-state index contributed by atoms with van der Waals surface area (Å²) in [5.41, 5.74) is 1.96. The summed E-state index contributed by atoms with van der Waals surface area (Å²) in [7, 11) is -3.98. The Morgan fingerprint density at radius 3 is 2.25 bits per heavy atom. The van der Waals surface area contributed by atoms with E-state index in [1.165, 1.54) is 28.6 Å². The fraction of sp³-hybridized carbons (Fsp3) is 0.296. The number of carbonyl (C=O) groups is 1. The van der Waals surface area contributed by atoms with Crippen LogP contribution in [0.3, 0.4) is 0 Å². The molecule has 5 rings (SSSR count). The van der Waals surface area contributed by atoms with Gasteiger partial charge in [-0.2, -0.15) is 0 Å². The van der Waals surface area contributed by atoms with Crippen LogP contribution in [0.4, 0.5) is 14.5 Å². The number of nitrogens with one attached hydrogen (secondary N) is 1. The molecule has 3 aromatic rings. The van der Waals surface area contributed by atoms with Gasteiger partial charge in [0.05, 0.1) is 16.6 Å². The van der Waals surface area contributed by atoms with Crippen molar-refractivity contribution >= 4 is 21.6 Å². The molecule has 6 nitrogen and oxygen atoms in total. The molecule has 2 aliphatic heterocycles. The Balaban J connectivity index is 1.51. The number of amides is 1. The number of hydrogen-bond donors (Lipinski definition) is 1. The summed E-state index contributed by atoms with van der Waals surface area (Å²) in [5.74, 6) is -1.17. The smallest absolute Gasteiger partial charge is 0.264 e. The Morgan fingerprint density at radius 2 is 1.61 bits per heavy atom. The van der Waals surface area contributed by atoms with Crippen molar-refractivity contribution in [2.45, 2.75) is 42.7 Å². The lowest BCUT2D eigenvalue weighted by Gasteiger charge is -2.39. The first-order valence-electron chi connectivity index (χ1n) is 11.8. The summed E-state index contributed by atoms with van der Waals surface area (Å²) < 4.78 is 61.1. The van der Waals surface area contributed by atoms with Crippen molar-refractivity contribution in [3.8, 4) is 0 Å². The zero-order chi connectivity index (χ0) is 25.5. The highest BCUT2D eigenvalue weighted by Crippen LogP contribution is 2.52. The van der Waals surface area contributed by atoms with Gasteiger partial charge in [0, 0.05) is 30.7 Å². The standard InChI is InChI=1S/C27H26F2N2O4S/c1-18-27(12-14-35-15-13-27)24-16-20(26(32)30-17-19-2-5-21(28)6-3-19)4-11-25(24)31(18)36(33,34)23-9-7-22(29)8-10-23/h2-11,16,18H,12-15,17H2,1H3,(H,30,32). The highest BCUT2D eigenvalue weighted by molar-refractivity contribution is 7.92. The zero-order valence-electron chi connectivity index (χ0n) is 19.7. The number of sulfonamides is 1. The van der Waals surface area contributed by atoms with Crippen molar-refractivity contribution in [1.29, 1.82) is 0 Å². The van der Waals surface area contributed by atoms with E-state index in [-0.39, 0.29) is 23.2 Å². The first-order chi connectivity index (χ1) is 17.2. The van der Waals surface area contributed by atoms with Crippen LogP contribution in [-0.4, -0.2) is 33.6 Å². The molecule has 1 amide bonds. The SMILES string of the molecule is CC1N(S(=O)(=O)c2ccc(F)cc2)c2ccc(C(=O)NCc3ccc(F)cc3)cc2C12CCOCC2. The monoisotopic (exact) mass is 512 g/mol. The van der Waals surface area contributed by atoms with Gasteiger partial charge >= 0.3 is 0 Å². The van der Waals surface area contributed by atoms with Gasteiger partial charge in [0.2, 0.25) is 0 Å². The van der Waals surface area contributed by atoms with Crippen LogP contribution in [0.1, 0.15) is 41.3 Å². The summed E-state index contributed by atoms with van der Waals surface area (Å²) in [5, 5.41) is 2.85. The first kappa shape index (κ1) is 24.4. The van der Waals surface area contributed by atoms with Crippen LogP contribution >= 0.6 is 0 Å². The molecule has 0 aromatic heterocycles. The van der Waals surface area contributed by atoms with Gasteiger partial charge in [0.1, 0.15) is 11.6 Å². The van der Waals surface area contributed by atoms with Gasteiger partial charge in [0.15, 0.2) is 0 Å². The molecule has 0 bridgehead atoms. The highest BCUT2D eigenvalue weighted by Gasteiger charge is 2.53. The average molecular weight is 513 g/mol. The third-order valence-electron chi connectivity index (χ3n) is 7.31. The maximum Gasteiger partial charge on any atom is 0.264 e. The summed E-state index contributed by atoms with van der Waals surface area (Å²) in [4.78, 5) is 13.0. The lowest BCUT2D eigenvalue weighted by Crippen LogP contribution is -2.48. The molecular weight excluding hydrogens is 486 g/mol. The maximum atomic E-state index is 13.7. The molecule has 1 spiro atoms. The van der Waals surface area contributed by atoms with Gasteiger partial charge in [-0.15, -0.1) is 0 Å². The van der Waals surface area contributed by atoms with E-state index in [9.17, 15) is 22.0 Å². The molecule has 2 heterocycles. The van der Waals surface area contributed by atoms with Gasteiger partial charge in [-0.05, 0) is 85.5 Å². The molecule has 1 fully saturated rings. The van der Waals surface area contributed by atoms with Gasteiger partial charge in [0.25, 0.3) is 15.9 Å². The van der Waals surface area contributed by atoms with Gasteiger partial charge in [-0.25, -0.2) is 17.2 Å². The average Bonchev–Trinajstić information content (AvgIpc) is 3.11. The normalized spacial score (nSPS) is 18.8. The third kappa shape index (κ3) is 4.16. The number of hydrogen-bond acceptors (Lipinski definition) is 4. The molecule has 1 unspecified atom stereocenters. The number of carbonyl (C=O) groups excluding carboxylic acids is 1. The molecule has 0 aliphatic carbocycles. The fourth-order valence-electron chi connectivity index (χ4n) is 5.29. The number of halogens is 2. The Labute approximate surface area is 208 Å². The van der Waals surface area contributed by atoms with Crippen LogP contribution < -0.4 is 9.62 Å². The predicted molar refractivity (Wildman–Crippen MR) is 131 cm³/mol. The van der Waals surface area contributed by atoms with Crippen molar-refractivity contribution < 1.29 is 26.7 Å². The maximum absolute atomic E-state index is 13.7. The number of rotatable bonds is 5. The summed E-state index contributed by atoms with van der Waals surface area (Å²) >= 11 is 0. The van der Waals surface area contributed by atoms with E-state index in [0.717, 1.165) is 23.3 Å². The summed E-state index contributed by atoms with van der Waals surface area (Å²) in [6.45, 7) is 3.07. The Hall–Kier alpha value is -3.30. The molecule has 1 atom stereocenters. The van der Waals surface area contributed by atoms with Crippen LogP contribution in [0.5, 0.6) is 0 Å². The van der Waals surface area contributed by atoms with Crippen molar-refractivity contribution in [3.63, 3.8) is 0 Å². The molecule has 188 valence electrons. The van der Waals surface area contributed by atoms with Crippen molar-refractivity contribution in [2.24, 2.45) is 0 Å². The second kappa shape index (κ2) is 9.29. The number of anilines is 1. The number of fused-ring (bicyclic) bond motifs is 2. The van der Waals surface area contributed by atoms with Crippen LogP contribution in [0.15, 0.2) is 71.6 Å². The quantitative estimate of drug-likeness (QED) is 0.545. The van der Waals surface area contributed by atoms with E-state index in [2.05, 4.69) is 5.32 Å². The molecule has 2 aliphatic rings. The van der Waals surface area contributed by atoms with Crippen LogP contribution in [0.25, 0.3) is 0 Å². The second-order valence-corrected chi connectivity index (χ2v) is 11.1. The molecular formula is C27H26F2N2O4S. The van der Waals surface area contributed by atoms with E-state index in [0.29, 0.717) is 37.3 Å². The number of nitrogens with zero attached hydrogens (tertiary/aromatic N) is 1. The molecule has 1 saturated heterocycles. The van der Waals surface area contributed by atoms with Gasteiger partial charge in [-0.3, -0.25) is 9.10 Å². The van der Waals surface area contributed by atoms with Crippen LogP contribution in [0, 0.1) is 11.6 Å². The van der Waals surface area contributed by atoms with Crippen molar-refractivity contribution in [3.05, 3.63) is 95.1 Å². The second-order valence-electron chi connectivity index (χ2n) is 9.24. The molecule has 3 aromatic carbocycles. The fourth-order valence-corrected chi connectivity index (χ4v) is 7.04. The minimum absolute atomic E-state index is 0.00641. The number of benzene rings is 3. The minimum Gasteiger partial charge on any atom is -0.381 e. The third-order valence-corrected chi connectivity index (χ3v) is 9.20. The predicted octanol–water partition coefficient (Wildman–Crippen LogP) is 4.54. The molecule has 9 heteroatoms. The molecule has 36 heavy (non-hydrogen) atoms. The lowest BCUT2D eigenvalue weighted by atomic mass is 9.71. The summed E-state index contributed by atoms with van der Waals surface area (Å²) in [6, 6.07) is 15.3. The molecule has 0 radical (unpaired) electrons. The van der Waals surface area contributed by atoms with E-state index in [4.69, 9.17) is 4.74 Å². The Kier molecular flexibility index (Phi) is 6.30. The van der Waals surface area contributed by atoms with Gasteiger partial charge < -0.3 is 10.1 Å². The van der Waals surface area contributed by atoms with Crippen molar-refractivity contribution in [2.75, 3.05) is 17.5 Å². The van der Waals surface area contributed by atoms with Crippen molar-refractivity contribution in [1.82, 2.24) is 5.32 Å². The first-order valence-corrected chi connectivity index (χ1v) is 13.2. The van der Waals surface area contributed by atoms with Crippen LogP contribution in [0.2, 0.25) is 0 Å². The van der Waals surface area contributed by atoms with Crippen LogP contribution in [-0.2, 0) is 26.7 Å². The molecule has 0 saturated carbocycles. The minimum atomic E-state index is -3.98. The van der Waals surface area contributed by atoms with E-state index < -0.39 is 27.3 Å². The zero-order valence-corrected chi connectivity index (χ0v) is 20.5. The summed E-state index contributed by atoms with van der Waals surface area (Å²) in [6.07, 6.45) is 1.22. The molecule has 1 N–H and O–H groups in total. The highest BCUT2D eigenvalue weighted by atomic mass is 32.2. The Bertz CT molecular complexity index is 1390. The Morgan fingerprint density at radius 1 is 1.00 bits per heavy atom. The number of ether oxygens (including phenoxy) is 1. The van der Waals surface area contributed by atoms with E-state index in [1.807, 2.05) is 6.92 Å². The largest absolute Gasteiger partial charge is 0.381 e. The van der Waals surface area contributed by atoms with Gasteiger partial charge in [-0.1, -0.05) is 12.1 Å². The van der Waals surface area contributed by atoms with E-state index >= 15 is 0 Å². The topological polar surface area (TPSA) is 75.7 Å². The van der Waals surface area contributed by atoms with E-state index in [1.54, 1.807) is 30.3 Å².